The zero-order valence-corrected chi connectivity index (χ0v) is 14.9. The molecule has 0 saturated carbocycles. The molecule has 2 heterocycles. The molecule has 1 atom stereocenters. The van der Waals surface area contributed by atoms with E-state index in [0.29, 0.717) is 13.0 Å². The summed E-state index contributed by atoms with van der Waals surface area (Å²) in [5.74, 6) is -0.107. The average molecular weight is 359 g/mol. The summed E-state index contributed by atoms with van der Waals surface area (Å²) >= 11 is 1.09. The molecule has 0 spiro atoms. The minimum absolute atomic E-state index is 0.00849. The first-order chi connectivity index (χ1) is 12.0. The second kappa shape index (κ2) is 7.65. The largest absolute Gasteiger partial charge is 0.346 e. The number of carbonyl (C=O) groups excluding carboxylic acids is 2. The molecule has 132 valence electrons. The number of aromatic nitrogens is 1. The summed E-state index contributed by atoms with van der Waals surface area (Å²) in [6.45, 7) is 2.97. The number of nitrogens with zero attached hydrogens (tertiary/aromatic N) is 2. The van der Waals surface area contributed by atoms with Crippen LogP contribution in [0.1, 0.15) is 30.1 Å². The highest BCUT2D eigenvalue weighted by Crippen LogP contribution is 2.18. The van der Waals surface area contributed by atoms with Crippen molar-refractivity contribution in [1.29, 1.82) is 0 Å². The van der Waals surface area contributed by atoms with Crippen molar-refractivity contribution < 1.29 is 9.59 Å². The summed E-state index contributed by atoms with van der Waals surface area (Å²) in [7, 11) is 0. The van der Waals surface area contributed by atoms with E-state index in [1.807, 2.05) is 37.3 Å². The molecule has 1 N–H and O–H groups in total. The van der Waals surface area contributed by atoms with Gasteiger partial charge in [0.2, 0.25) is 11.8 Å². The van der Waals surface area contributed by atoms with Crippen LogP contribution in [0.4, 0.5) is 0 Å². The van der Waals surface area contributed by atoms with Crippen LogP contribution in [0.2, 0.25) is 0 Å². The van der Waals surface area contributed by atoms with Gasteiger partial charge in [0, 0.05) is 30.6 Å². The van der Waals surface area contributed by atoms with E-state index >= 15 is 0 Å². The van der Waals surface area contributed by atoms with Crippen molar-refractivity contribution in [3.63, 3.8) is 0 Å². The predicted octanol–water partition coefficient (Wildman–Crippen LogP) is 1.70. The summed E-state index contributed by atoms with van der Waals surface area (Å²) in [4.78, 5) is 37.9. The third-order valence-corrected chi connectivity index (χ3v) is 5.27. The maximum atomic E-state index is 12.5. The van der Waals surface area contributed by atoms with Crippen molar-refractivity contribution in [2.45, 2.75) is 32.4 Å². The van der Waals surface area contributed by atoms with Gasteiger partial charge in [0.15, 0.2) is 0 Å². The summed E-state index contributed by atoms with van der Waals surface area (Å²) in [6, 6.07) is 9.32. The summed E-state index contributed by atoms with van der Waals surface area (Å²) in [6.07, 6.45) is 1.43. The van der Waals surface area contributed by atoms with Crippen molar-refractivity contribution >= 4 is 23.2 Å². The molecule has 3 rings (SSSR count). The number of aryl methyl sites for hydroxylation is 1. The Balaban J connectivity index is 1.74. The van der Waals surface area contributed by atoms with Gasteiger partial charge in [-0.25, -0.2) is 0 Å². The van der Waals surface area contributed by atoms with E-state index in [9.17, 15) is 14.4 Å². The van der Waals surface area contributed by atoms with Crippen LogP contribution in [0.3, 0.4) is 0 Å². The van der Waals surface area contributed by atoms with Gasteiger partial charge < -0.3 is 10.2 Å². The molecule has 7 heteroatoms. The standard InChI is InChI=1S/C18H21N3O3S/c1-13-12-25-18(24)21(13)11-16(22)19-15(14-6-3-2-4-7-14)10-20-9-5-8-17(20)23/h2-4,6-7,12,15H,5,8-11H2,1H3,(H,19,22). The smallest absolute Gasteiger partial charge is 0.307 e. The molecule has 1 fully saturated rings. The number of thiazole rings is 1. The lowest BCUT2D eigenvalue weighted by atomic mass is 10.1. The lowest BCUT2D eigenvalue weighted by Crippen LogP contribution is -2.40. The van der Waals surface area contributed by atoms with E-state index in [0.717, 1.165) is 35.6 Å². The third-order valence-electron chi connectivity index (χ3n) is 4.39. The molecule has 2 amide bonds. The minimum atomic E-state index is -0.287. The first kappa shape index (κ1) is 17.4. The Hall–Kier alpha value is -2.41. The molecule has 1 saturated heterocycles. The van der Waals surface area contributed by atoms with E-state index in [-0.39, 0.29) is 29.3 Å². The molecule has 0 aliphatic carbocycles. The van der Waals surface area contributed by atoms with Gasteiger partial charge in [0.25, 0.3) is 0 Å². The van der Waals surface area contributed by atoms with Crippen LogP contribution in [-0.2, 0) is 16.1 Å². The Morgan fingerprint density at radius 2 is 2.04 bits per heavy atom. The maximum absolute atomic E-state index is 12.5. The van der Waals surface area contributed by atoms with Crippen LogP contribution in [-0.4, -0.2) is 34.4 Å². The molecule has 0 radical (unpaired) electrons. The summed E-state index contributed by atoms with van der Waals surface area (Å²) < 4.78 is 1.46. The topological polar surface area (TPSA) is 71.4 Å². The van der Waals surface area contributed by atoms with Crippen molar-refractivity contribution in [1.82, 2.24) is 14.8 Å². The van der Waals surface area contributed by atoms with Crippen molar-refractivity contribution in [2.75, 3.05) is 13.1 Å². The molecular weight excluding hydrogens is 338 g/mol. The minimum Gasteiger partial charge on any atom is -0.346 e. The lowest BCUT2D eigenvalue weighted by molar-refractivity contribution is -0.129. The molecule has 1 aromatic heterocycles. The van der Waals surface area contributed by atoms with Crippen molar-refractivity contribution in [3.8, 4) is 0 Å². The van der Waals surface area contributed by atoms with E-state index in [1.165, 1.54) is 4.57 Å². The number of rotatable bonds is 6. The SMILES string of the molecule is Cc1csc(=O)n1CC(=O)NC(CN1CCCC1=O)c1ccccc1. The molecule has 1 unspecified atom stereocenters. The fraction of sp³-hybridized carbons (Fsp3) is 0.389. The highest BCUT2D eigenvalue weighted by atomic mass is 32.1. The second-order valence-corrected chi connectivity index (χ2v) is 7.02. The third kappa shape index (κ3) is 4.17. The van der Waals surface area contributed by atoms with Crippen LogP contribution in [0.5, 0.6) is 0 Å². The predicted molar refractivity (Wildman–Crippen MR) is 96.5 cm³/mol. The number of likely N-dealkylation sites (tertiary alicyclic amines) is 1. The zero-order valence-electron chi connectivity index (χ0n) is 14.1. The van der Waals surface area contributed by atoms with Crippen LogP contribution >= 0.6 is 11.3 Å². The Labute approximate surface area is 150 Å². The van der Waals surface area contributed by atoms with E-state index in [1.54, 1.807) is 10.3 Å². The maximum Gasteiger partial charge on any atom is 0.307 e. The highest BCUT2D eigenvalue weighted by molar-refractivity contribution is 7.07. The quantitative estimate of drug-likeness (QED) is 0.853. The molecule has 2 aromatic rings. The number of hydrogen-bond acceptors (Lipinski definition) is 4. The monoisotopic (exact) mass is 359 g/mol. The first-order valence-electron chi connectivity index (χ1n) is 8.31. The molecule has 1 aliphatic rings. The van der Waals surface area contributed by atoms with Gasteiger partial charge in [-0.1, -0.05) is 41.7 Å². The van der Waals surface area contributed by atoms with Gasteiger partial charge in [-0.2, -0.15) is 0 Å². The Kier molecular flexibility index (Phi) is 5.33. The van der Waals surface area contributed by atoms with Gasteiger partial charge in [-0.3, -0.25) is 19.0 Å². The fourth-order valence-electron chi connectivity index (χ4n) is 3.02. The number of benzene rings is 1. The van der Waals surface area contributed by atoms with Gasteiger partial charge in [0.05, 0.1) is 6.04 Å². The van der Waals surface area contributed by atoms with Crippen molar-refractivity contribution in [2.24, 2.45) is 0 Å². The zero-order chi connectivity index (χ0) is 17.8. The molecule has 1 aromatic carbocycles. The van der Waals surface area contributed by atoms with Crippen molar-refractivity contribution in [3.05, 3.63) is 56.6 Å². The molecule has 25 heavy (non-hydrogen) atoms. The van der Waals surface area contributed by atoms with Crippen LogP contribution in [0, 0.1) is 6.92 Å². The Morgan fingerprint density at radius 1 is 1.28 bits per heavy atom. The normalized spacial score (nSPS) is 15.4. The van der Waals surface area contributed by atoms with E-state index in [4.69, 9.17) is 0 Å². The summed E-state index contributed by atoms with van der Waals surface area (Å²) in [5.41, 5.74) is 1.72. The van der Waals surface area contributed by atoms with Crippen LogP contribution in [0.15, 0.2) is 40.5 Å². The molecule has 1 aliphatic heterocycles. The molecule has 0 bridgehead atoms. The average Bonchev–Trinajstić information content (AvgIpc) is 3.15. The van der Waals surface area contributed by atoms with E-state index in [2.05, 4.69) is 5.32 Å². The number of amides is 2. The fourth-order valence-corrected chi connectivity index (χ4v) is 3.75. The Morgan fingerprint density at radius 3 is 2.64 bits per heavy atom. The van der Waals surface area contributed by atoms with Crippen LogP contribution < -0.4 is 10.2 Å². The Bertz CT molecular complexity index is 812. The van der Waals surface area contributed by atoms with Gasteiger partial charge in [-0.05, 0) is 18.9 Å². The second-order valence-electron chi connectivity index (χ2n) is 6.20. The van der Waals surface area contributed by atoms with Crippen LogP contribution in [0.25, 0.3) is 0 Å². The number of nitrogens with one attached hydrogen (secondary N) is 1. The van der Waals surface area contributed by atoms with Gasteiger partial charge in [-0.15, -0.1) is 0 Å². The lowest BCUT2D eigenvalue weighted by Gasteiger charge is -2.25. The van der Waals surface area contributed by atoms with E-state index < -0.39 is 0 Å². The van der Waals surface area contributed by atoms with Gasteiger partial charge in [0.1, 0.15) is 6.54 Å². The molecule has 6 nitrogen and oxygen atoms in total. The number of carbonyl (C=O) groups is 2. The number of hydrogen-bond donors (Lipinski definition) is 1. The summed E-state index contributed by atoms with van der Waals surface area (Å²) in [5, 5.41) is 4.73. The highest BCUT2D eigenvalue weighted by Gasteiger charge is 2.25. The molecular formula is C18H21N3O3S. The van der Waals surface area contributed by atoms with Gasteiger partial charge >= 0.3 is 4.87 Å². The first-order valence-corrected chi connectivity index (χ1v) is 9.19.